The molecule has 35 heavy (non-hydrogen) atoms. The van der Waals surface area contributed by atoms with Crippen LogP contribution in [0.2, 0.25) is 5.02 Å². The lowest BCUT2D eigenvalue weighted by molar-refractivity contribution is 0.330. The van der Waals surface area contributed by atoms with Gasteiger partial charge in [-0.1, -0.05) is 61.9 Å². The van der Waals surface area contributed by atoms with Crippen molar-refractivity contribution >= 4 is 28.8 Å². The Morgan fingerprint density at radius 3 is 2.37 bits per heavy atom. The summed E-state index contributed by atoms with van der Waals surface area (Å²) in [5.74, 6) is 0.676. The maximum absolute atomic E-state index is 6.26. The van der Waals surface area contributed by atoms with Crippen LogP contribution in [0.3, 0.4) is 0 Å². The van der Waals surface area contributed by atoms with E-state index in [4.69, 9.17) is 22.3 Å². The van der Waals surface area contributed by atoms with Gasteiger partial charge in [0, 0.05) is 59.3 Å². The van der Waals surface area contributed by atoms with Crippen molar-refractivity contribution in [3.8, 4) is 11.3 Å². The van der Waals surface area contributed by atoms with Gasteiger partial charge in [-0.25, -0.2) is 9.97 Å². The minimum absolute atomic E-state index is 0.334. The monoisotopic (exact) mass is 485 g/mol. The number of nitrogen functional groups attached to an aromatic ring is 1. The molecule has 0 amide bonds. The predicted molar refractivity (Wildman–Crippen MR) is 146 cm³/mol. The van der Waals surface area contributed by atoms with Crippen LogP contribution in [0.1, 0.15) is 31.5 Å². The summed E-state index contributed by atoms with van der Waals surface area (Å²) in [6.45, 7) is 8.29. The molecule has 5 nitrogen and oxygen atoms in total. The van der Waals surface area contributed by atoms with Crippen molar-refractivity contribution in [2.24, 2.45) is 5.92 Å². The molecule has 0 saturated carbocycles. The molecule has 180 valence electrons. The SMILES string of the molecule is CCC=CC(=C1c2nc(N)nc(-c3ccccc3)c2CC1C)N1CCN(c2ccc(Cl)cc2)CC1. The van der Waals surface area contributed by atoms with Crippen LogP contribution in [0.15, 0.2) is 72.4 Å². The fourth-order valence-electron chi connectivity index (χ4n) is 5.22. The lowest BCUT2D eigenvalue weighted by Gasteiger charge is -2.39. The first-order chi connectivity index (χ1) is 17.0. The Balaban J connectivity index is 1.51. The smallest absolute Gasteiger partial charge is 0.221 e. The number of rotatable bonds is 5. The van der Waals surface area contributed by atoms with Gasteiger partial charge in [0.1, 0.15) is 0 Å². The second kappa shape index (κ2) is 10.1. The van der Waals surface area contributed by atoms with Crippen LogP contribution < -0.4 is 10.6 Å². The van der Waals surface area contributed by atoms with Gasteiger partial charge in [-0.15, -0.1) is 0 Å². The van der Waals surface area contributed by atoms with Gasteiger partial charge in [-0.3, -0.25) is 0 Å². The molecule has 1 atom stereocenters. The van der Waals surface area contributed by atoms with Crippen LogP contribution in [-0.4, -0.2) is 41.0 Å². The molecule has 0 bridgehead atoms. The van der Waals surface area contributed by atoms with E-state index in [-0.39, 0.29) is 0 Å². The lowest BCUT2D eigenvalue weighted by atomic mass is 9.99. The maximum atomic E-state index is 6.26. The molecular formula is C29H32ClN5. The molecule has 0 spiro atoms. The van der Waals surface area contributed by atoms with Crippen LogP contribution in [-0.2, 0) is 6.42 Å². The zero-order valence-electron chi connectivity index (χ0n) is 20.4. The molecule has 2 N–H and O–H groups in total. The molecule has 1 aromatic heterocycles. The van der Waals surface area contributed by atoms with E-state index >= 15 is 0 Å². The van der Waals surface area contributed by atoms with Crippen molar-refractivity contribution in [2.45, 2.75) is 26.7 Å². The van der Waals surface area contributed by atoms with Gasteiger partial charge in [0.25, 0.3) is 0 Å². The Morgan fingerprint density at radius 1 is 1.00 bits per heavy atom. The Labute approximate surface area is 213 Å². The van der Waals surface area contributed by atoms with Crippen LogP contribution in [0.25, 0.3) is 16.8 Å². The normalized spacial score (nSPS) is 19.3. The number of benzene rings is 2. The third-order valence-electron chi connectivity index (χ3n) is 6.93. The van der Waals surface area contributed by atoms with Crippen molar-refractivity contribution in [1.82, 2.24) is 14.9 Å². The van der Waals surface area contributed by atoms with Gasteiger partial charge < -0.3 is 15.5 Å². The van der Waals surface area contributed by atoms with Gasteiger partial charge in [-0.2, -0.15) is 0 Å². The molecule has 2 heterocycles. The highest BCUT2D eigenvalue weighted by atomic mass is 35.5. The van der Waals surface area contributed by atoms with E-state index in [1.54, 1.807) is 0 Å². The minimum Gasteiger partial charge on any atom is -0.368 e. The third kappa shape index (κ3) is 4.78. The van der Waals surface area contributed by atoms with Crippen LogP contribution >= 0.6 is 11.6 Å². The van der Waals surface area contributed by atoms with E-state index in [1.165, 1.54) is 22.5 Å². The van der Waals surface area contributed by atoms with E-state index < -0.39 is 0 Å². The summed E-state index contributed by atoms with van der Waals surface area (Å²) in [5.41, 5.74) is 14.3. The highest BCUT2D eigenvalue weighted by Gasteiger charge is 2.33. The maximum Gasteiger partial charge on any atom is 0.221 e. The molecule has 6 heteroatoms. The standard InChI is InChI=1S/C29H32ClN5/c1-3-4-10-25(35-17-15-34(16-18-35)23-13-11-22(30)12-14-23)26-20(2)19-24-27(21-8-6-5-7-9-21)32-29(31)33-28(24)26/h4-14,20H,3,15-19H2,1-2H3,(H2,31,32,33). The van der Waals surface area contributed by atoms with Crippen LogP contribution in [0.4, 0.5) is 11.6 Å². The number of piperazine rings is 1. The third-order valence-corrected chi connectivity index (χ3v) is 7.18. The number of hydrogen-bond acceptors (Lipinski definition) is 5. The number of halogens is 1. The van der Waals surface area contributed by atoms with Crippen LogP contribution in [0, 0.1) is 5.92 Å². The molecule has 1 unspecified atom stereocenters. The predicted octanol–water partition coefficient (Wildman–Crippen LogP) is 6.07. The number of aromatic nitrogens is 2. The largest absolute Gasteiger partial charge is 0.368 e. The second-order valence-electron chi connectivity index (χ2n) is 9.29. The molecule has 1 saturated heterocycles. The average molecular weight is 486 g/mol. The first-order valence-corrected chi connectivity index (χ1v) is 12.8. The number of hydrogen-bond donors (Lipinski definition) is 1. The molecule has 2 aromatic carbocycles. The zero-order valence-corrected chi connectivity index (χ0v) is 21.2. The summed E-state index contributed by atoms with van der Waals surface area (Å²) in [6, 6.07) is 18.5. The zero-order chi connectivity index (χ0) is 24.4. The molecule has 2 aliphatic rings. The summed E-state index contributed by atoms with van der Waals surface area (Å²) in [4.78, 5) is 14.4. The average Bonchev–Trinajstić information content (AvgIpc) is 3.21. The van der Waals surface area contributed by atoms with E-state index in [1.807, 2.05) is 30.3 Å². The van der Waals surface area contributed by atoms with E-state index in [0.29, 0.717) is 11.9 Å². The van der Waals surface area contributed by atoms with Gasteiger partial charge in [0.15, 0.2) is 0 Å². The van der Waals surface area contributed by atoms with Gasteiger partial charge in [-0.05, 0) is 49.1 Å². The summed E-state index contributed by atoms with van der Waals surface area (Å²) < 4.78 is 0. The fraction of sp³-hybridized carbons (Fsp3) is 0.310. The number of allylic oxidation sites excluding steroid dienone is 3. The molecule has 3 aromatic rings. The number of fused-ring (bicyclic) bond motifs is 1. The van der Waals surface area contributed by atoms with E-state index in [9.17, 15) is 0 Å². The Morgan fingerprint density at radius 2 is 1.69 bits per heavy atom. The van der Waals surface area contributed by atoms with Crippen molar-refractivity contribution in [3.63, 3.8) is 0 Å². The van der Waals surface area contributed by atoms with Crippen LogP contribution in [0.5, 0.6) is 0 Å². The Bertz CT molecular complexity index is 1240. The molecule has 0 radical (unpaired) electrons. The Hall–Kier alpha value is -3.31. The fourth-order valence-corrected chi connectivity index (χ4v) is 5.35. The lowest BCUT2D eigenvalue weighted by Crippen LogP contribution is -2.46. The first kappa shape index (κ1) is 23.4. The number of nitrogens with zero attached hydrogens (tertiary/aromatic N) is 4. The van der Waals surface area contributed by atoms with Gasteiger partial charge in [0.05, 0.1) is 11.4 Å². The summed E-state index contributed by atoms with van der Waals surface area (Å²) >= 11 is 6.09. The molecular weight excluding hydrogens is 454 g/mol. The van der Waals surface area contributed by atoms with Gasteiger partial charge >= 0.3 is 0 Å². The first-order valence-electron chi connectivity index (χ1n) is 12.4. The van der Waals surface area contributed by atoms with Crippen molar-refractivity contribution in [3.05, 3.63) is 88.7 Å². The Kier molecular flexibility index (Phi) is 6.78. The van der Waals surface area contributed by atoms with E-state index in [0.717, 1.165) is 61.0 Å². The van der Waals surface area contributed by atoms with E-state index in [2.05, 4.69) is 65.0 Å². The highest BCUT2D eigenvalue weighted by molar-refractivity contribution is 6.30. The van der Waals surface area contributed by atoms with Crippen molar-refractivity contribution in [2.75, 3.05) is 36.8 Å². The summed E-state index contributed by atoms with van der Waals surface area (Å²) in [7, 11) is 0. The molecule has 1 aliphatic heterocycles. The van der Waals surface area contributed by atoms with Crippen molar-refractivity contribution in [1.29, 1.82) is 0 Å². The molecule has 5 rings (SSSR count). The summed E-state index contributed by atoms with van der Waals surface area (Å²) in [5, 5.41) is 0.772. The van der Waals surface area contributed by atoms with Gasteiger partial charge in [0.2, 0.25) is 5.95 Å². The highest BCUT2D eigenvalue weighted by Crippen LogP contribution is 2.43. The number of anilines is 2. The minimum atomic E-state index is 0.334. The molecule has 1 fully saturated rings. The second-order valence-corrected chi connectivity index (χ2v) is 9.73. The quantitative estimate of drug-likeness (QED) is 0.475. The topological polar surface area (TPSA) is 58.3 Å². The van der Waals surface area contributed by atoms with Crippen molar-refractivity contribution < 1.29 is 0 Å². The molecule has 1 aliphatic carbocycles. The summed E-state index contributed by atoms with van der Waals surface area (Å²) in [6.07, 6.45) is 6.45. The number of nitrogens with two attached hydrogens (primary N) is 1.